The smallest absolute Gasteiger partial charge is 0.127 e. The van der Waals surface area contributed by atoms with Crippen LogP contribution in [0.4, 0.5) is 4.39 Å². The Morgan fingerprint density at radius 1 is 1.28 bits per heavy atom. The molecule has 2 rings (SSSR count). The largest absolute Gasteiger partial charge is 0.328 e. The van der Waals surface area contributed by atoms with Gasteiger partial charge in [-0.25, -0.2) is 9.37 Å². The van der Waals surface area contributed by atoms with Gasteiger partial charge in [0.25, 0.3) is 0 Å². The Morgan fingerprint density at radius 3 is 2.78 bits per heavy atom. The van der Waals surface area contributed by atoms with Crippen molar-refractivity contribution >= 4 is 11.8 Å². The molecule has 0 aliphatic heterocycles. The summed E-state index contributed by atoms with van der Waals surface area (Å²) in [5, 5.41) is 0.856. The van der Waals surface area contributed by atoms with Crippen LogP contribution in [0.5, 0.6) is 0 Å². The molecule has 2 aromatic rings. The summed E-state index contributed by atoms with van der Waals surface area (Å²) in [4.78, 5) is 5.11. The summed E-state index contributed by atoms with van der Waals surface area (Å²) < 4.78 is 13.8. The standard InChI is InChI=1S/C14H15FN2S/c1-10(16)9-11-12(15)5-4-6-13(11)18-14-7-2-3-8-17-14/h2-8,10H,9,16H2,1H3. The summed E-state index contributed by atoms with van der Waals surface area (Å²) in [5.41, 5.74) is 6.43. The lowest BCUT2D eigenvalue weighted by molar-refractivity contribution is 0.588. The minimum Gasteiger partial charge on any atom is -0.328 e. The number of aromatic nitrogens is 1. The van der Waals surface area contributed by atoms with Gasteiger partial charge in [0.2, 0.25) is 0 Å². The molecule has 1 atom stereocenters. The van der Waals surface area contributed by atoms with E-state index in [4.69, 9.17) is 5.73 Å². The molecule has 1 heterocycles. The second-order valence-corrected chi connectivity index (χ2v) is 5.23. The van der Waals surface area contributed by atoms with Gasteiger partial charge in [-0.3, -0.25) is 0 Å². The fraction of sp³-hybridized carbons (Fsp3) is 0.214. The number of nitrogens with zero attached hydrogens (tertiary/aromatic N) is 1. The number of rotatable bonds is 4. The molecule has 1 aromatic heterocycles. The maximum Gasteiger partial charge on any atom is 0.127 e. The van der Waals surface area contributed by atoms with Crippen LogP contribution >= 0.6 is 11.8 Å². The van der Waals surface area contributed by atoms with E-state index in [2.05, 4.69) is 4.98 Å². The Hall–Kier alpha value is -1.39. The van der Waals surface area contributed by atoms with Gasteiger partial charge in [0.15, 0.2) is 0 Å². The van der Waals surface area contributed by atoms with Gasteiger partial charge in [-0.1, -0.05) is 23.9 Å². The van der Waals surface area contributed by atoms with E-state index < -0.39 is 0 Å². The molecular formula is C14H15FN2S. The molecule has 2 nitrogen and oxygen atoms in total. The highest BCUT2D eigenvalue weighted by Crippen LogP contribution is 2.30. The van der Waals surface area contributed by atoms with Gasteiger partial charge in [0.1, 0.15) is 10.8 Å². The van der Waals surface area contributed by atoms with Gasteiger partial charge in [-0.2, -0.15) is 0 Å². The molecule has 0 amide bonds. The molecule has 94 valence electrons. The molecule has 0 aliphatic rings. The number of halogens is 1. The number of hydrogen-bond donors (Lipinski definition) is 1. The molecule has 1 unspecified atom stereocenters. The molecular weight excluding hydrogens is 247 g/mol. The van der Waals surface area contributed by atoms with Gasteiger partial charge in [0, 0.05) is 22.7 Å². The average Bonchev–Trinajstić information content (AvgIpc) is 2.34. The topological polar surface area (TPSA) is 38.9 Å². The van der Waals surface area contributed by atoms with E-state index in [1.54, 1.807) is 12.3 Å². The van der Waals surface area contributed by atoms with E-state index in [0.717, 1.165) is 9.92 Å². The van der Waals surface area contributed by atoms with Crippen LogP contribution in [-0.4, -0.2) is 11.0 Å². The SMILES string of the molecule is CC(N)Cc1c(F)cccc1Sc1ccccn1. The Labute approximate surface area is 110 Å². The zero-order chi connectivity index (χ0) is 13.0. The van der Waals surface area contributed by atoms with Crippen LogP contribution in [0.2, 0.25) is 0 Å². The summed E-state index contributed by atoms with van der Waals surface area (Å²) in [6, 6.07) is 10.7. The molecule has 0 spiro atoms. The normalized spacial score (nSPS) is 12.4. The highest BCUT2D eigenvalue weighted by Gasteiger charge is 2.11. The van der Waals surface area contributed by atoms with Crippen LogP contribution in [0.1, 0.15) is 12.5 Å². The zero-order valence-electron chi connectivity index (χ0n) is 10.1. The quantitative estimate of drug-likeness (QED) is 0.919. The molecule has 0 bridgehead atoms. The molecule has 0 saturated heterocycles. The van der Waals surface area contributed by atoms with Gasteiger partial charge in [0.05, 0.1) is 0 Å². The molecule has 4 heteroatoms. The van der Waals surface area contributed by atoms with E-state index in [1.807, 2.05) is 31.2 Å². The van der Waals surface area contributed by atoms with E-state index in [1.165, 1.54) is 17.8 Å². The van der Waals surface area contributed by atoms with Crippen LogP contribution in [-0.2, 0) is 6.42 Å². The number of pyridine rings is 1. The zero-order valence-corrected chi connectivity index (χ0v) is 11.0. The van der Waals surface area contributed by atoms with E-state index in [9.17, 15) is 4.39 Å². The highest BCUT2D eigenvalue weighted by molar-refractivity contribution is 7.99. The van der Waals surface area contributed by atoms with E-state index in [0.29, 0.717) is 12.0 Å². The first-order valence-corrected chi connectivity index (χ1v) is 6.60. The first-order chi connectivity index (χ1) is 8.66. The third-order valence-corrected chi connectivity index (χ3v) is 3.51. The highest BCUT2D eigenvalue weighted by atomic mass is 32.2. The fourth-order valence-corrected chi connectivity index (χ4v) is 2.61. The van der Waals surface area contributed by atoms with E-state index in [-0.39, 0.29) is 11.9 Å². The summed E-state index contributed by atoms with van der Waals surface area (Å²) in [5.74, 6) is -0.201. The molecule has 0 radical (unpaired) electrons. The Balaban J connectivity index is 2.30. The first kappa shape index (κ1) is 13.1. The molecule has 18 heavy (non-hydrogen) atoms. The van der Waals surface area contributed by atoms with Gasteiger partial charge < -0.3 is 5.73 Å². The van der Waals surface area contributed by atoms with Crippen molar-refractivity contribution in [3.8, 4) is 0 Å². The van der Waals surface area contributed by atoms with Crippen LogP contribution in [0.25, 0.3) is 0 Å². The van der Waals surface area contributed by atoms with Crippen molar-refractivity contribution in [3.05, 3.63) is 54.0 Å². The van der Waals surface area contributed by atoms with Crippen molar-refractivity contribution in [2.24, 2.45) is 5.73 Å². The van der Waals surface area contributed by atoms with Crippen molar-refractivity contribution in [1.29, 1.82) is 0 Å². The molecule has 0 aliphatic carbocycles. The van der Waals surface area contributed by atoms with Crippen molar-refractivity contribution < 1.29 is 4.39 Å². The third-order valence-electron chi connectivity index (χ3n) is 2.45. The molecule has 2 N–H and O–H groups in total. The van der Waals surface area contributed by atoms with E-state index >= 15 is 0 Å². The average molecular weight is 262 g/mol. The van der Waals surface area contributed by atoms with Gasteiger partial charge >= 0.3 is 0 Å². The van der Waals surface area contributed by atoms with Crippen LogP contribution in [0, 0.1) is 5.82 Å². The Kier molecular flexibility index (Phi) is 4.33. The summed E-state index contributed by atoms with van der Waals surface area (Å²) in [6.07, 6.45) is 2.26. The number of nitrogens with two attached hydrogens (primary N) is 1. The third kappa shape index (κ3) is 3.31. The number of benzene rings is 1. The first-order valence-electron chi connectivity index (χ1n) is 5.78. The minimum atomic E-state index is -0.201. The van der Waals surface area contributed by atoms with Crippen molar-refractivity contribution in [2.45, 2.75) is 29.3 Å². The second-order valence-electron chi connectivity index (χ2n) is 4.17. The summed E-state index contributed by atoms with van der Waals surface area (Å²) in [6.45, 7) is 1.88. The lowest BCUT2D eigenvalue weighted by atomic mass is 10.1. The van der Waals surface area contributed by atoms with Gasteiger partial charge in [-0.05, 0) is 37.6 Å². The van der Waals surface area contributed by atoms with Gasteiger partial charge in [-0.15, -0.1) is 0 Å². The van der Waals surface area contributed by atoms with Crippen molar-refractivity contribution in [2.75, 3.05) is 0 Å². The molecule has 0 saturated carbocycles. The summed E-state index contributed by atoms with van der Waals surface area (Å²) >= 11 is 1.46. The maximum absolute atomic E-state index is 13.8. The fourth-order valence-electron chi connectivity index (χ4n) is 1.67. The van der Waals surface area contributed by atoms with Crippen molar-refractivity contribution in [1.82, 2.24) is 4.98 Å². The predicted octanol–water partition coefficient (Wildman–Crippen LogP) is 3.26. The minimum absolute atomic E-state index is 0.0648. The second kappa shape index (κ2) is 5.98. The van der Waals surface area contributed by atoms with Crippen LogP contribution in [0.3, 0.4) is 0 Å². The Bertz CT molecular complexity index is 514. The monoisotopic (exact) mass is 262 g/mol. The molecule has 1 aromatic carbocycles. The lowest BCUT2D eigenvalue weighted by Gasteiger charge is -2.11. The Morgan fingerprint density at radius 2 is 2.11 bits per heavy atom. The lowest BCUT2D eigenvalue weighted by Crippen LogP contribution is -2.19. The summed E-state index contributed by atoms with van der Waals surface area (Å²) in [7, 11) is 0. The van der Waals surface area contributed by atoms with Crippen LogP contribution < -0.4 is 5.73 Å². The maximum atomic E-state index is 13.8. The predicted molar refractivity (Wildman–Crippen MR) is 72.1 cm³/mol. The number of hydrogen-bond acceptors (Lipinski definition) is 3. The molecule has 0 fully saturated rings. The van der Waals surface area contributed by atoms with Crippen LogP contribution in [0.15, 0.2) is 52.5 Å². The van der Waals surface area contributed by atoms with Crippen molar-refractivity contribution in [3.63, 3.8) is 0 Å².